The van der Waals surface area contributed by atoms with Crippen LogP contribution in [0.3, 0.4) is 0 Å². The van der Waals surface area contributed by atoms with Crippen molar-refractivity contribution in [1.82, 2.24) is 9.80 Å². The number of aliphatic hydroxyl groups excluding tert-OH is 1. The topological polar surface area (TPSA) is 26.7 Å². The molecular weight excluding hydrogens is 224 g/mol. The third kappa shape index (κ3) is 2.33. The molecule has 2 atom stereocenters. The van der Waals surface area contributed by atoms with Gasteiger partial charge in [0, 0.05) is 37.1 Å². The van der Waals surface area contributed by atoms with E-state index in [2.05, 4.69) is 23.6 Å². The Hall–Kier alpha value is -0.120. The third-order valence-electron chi connectivity index (χ3n) is 5.37. The van der Waals surface area contributed by atoms with Crippen LogP contribution >= 0.6 is 0 Å². The zero-order valence-electron chi connectivity index (χ0n) is 11.9. The molecule has 1 aliphatic carbocycles. The van der Waals surface area contributed by atoms with Gasteiger partial charge in [0.25, 0.3) is 0 Å². The Kier molecular flexibility index (Phi) is 3.41. The Morgan fingerprint density at radius 1 is 1.28 bits per heavy atom. The van der Waals surface area contributed by atoms with Gasteiger partial charge in [-0.3, -0.25) is 9.80 Å². The molecule has 104 valence electrons. The summed E-state index contributed by atoms with van der Waals surface area (Å²) in [6.07, 6.45) is 6.55. The highest BCUT2D eigenvalue weighted by Gasteiger charge is 2.54. The lowest BCUT2D eigenvalue weighted by Crippen LogP contribution is -2.49. The fraction of sp³-hybridized carbons (Fsp3) is 1.00. The molecule has 3 rings (SSSR count). The smallest absolute Gasteiger partial charge is 0.0735 e. The Balaban J connectivity index is 1.58. The standard InChI is InChI=1S/C15H28N2O/c1-12(2)17-8-4-3-5-13(17)9-16-10-14(18)15(11-16)6-7-15/h12-14,18H,3-11H2,1-2H3. The van der Waals surface area contributed by atoms with Gasteiger partial charge in [-0.05, 0) is 46.1 Å². The number of nitrogens with zero attached hydrogens (tertiary/aromatic N) is 2. The summed E-state index contributed by atoms with van der Waals surface area (Å²) in [5.41, 5.74) is 0.317. The van der Waals surface area contributed by atoms with Crippen molar-refractivity contribution in [2.45, 2.75) is 64.1 Å². The van der Waals surface area contributed by atoms with Gasteiger partial charge in [0.1, 0.15) is 0 Å². The second kappa shape index (κ2) is 4.77. The van der Waals surface area contributed by atoms with E-state index in [0.29, 0.717) is 11.5 Å². The van der Waals surface area contributed by atoms with Crippen LogP contribution in [0.15, 0.2) is 0 Å². The summed E-state index contributed by atoms with van der Waals surface area (Å²) in [6.45, 7) is 9.15. The van der Waals surface area contributed by atoms with Crippen molar-refractivity contribution >= 4 is 0 Å². The molecule has 1 N–H and O–H groups in total. The van der Waals surface area contributed by atoms with Gasteiger partial charge in [-0.1, -0.05) is 6.42 Å². The number of rotatable bonds is 3. The Morgan fingerprint density at radius 2 is 2.06 bits per heavy atom. The fourth-order valence-corrected chi connectivity index (χ4v) is 4.04. The second-order valence-electron chi connectivity index (χ2n) is 7.05. The van der Waals surface area contributed by atoms with Gasteiger partial charge in [0.2, 0.25) is 0 Å². The number of hydrogen-bond acceptors (Lipinski definition) is 3. The Labute approximate surface area is 111 Å². The molecule has 0 bridgehead atoms. The highest BCUT2D eigenvalue weighted by atomic mass is 16.3. The number of piperidine rings is 1. The molecule has 2 heterocycles. The first kappa shape index (κ1) is 12.9. The minimum Gasteiger partial charge on any atom is -0.391 e. The SMILES string of the molecule is CC(C)N1CCCCC1CN1CC(O)C2(CC2)C1. The molecule has 18 heavy (non-hydrogen) atoms. The quantitative estimate of drug-likeness (QED) is 0.828. The summed E-state index contributed by atoms with van der Waals surface area (Å²) in [5.74, 6) is 0. The van der Waals surface area contributed by atoms with Gasteiger partial charge < -0.3 is 5.11 Å². The van der Waals surface area contributed by atoms with Crippen molar-refractivity contribution in [2.75, 3.05) is 26.2 Å². The van der Waals surface area contributed by atoms with Crippen molar-refractivity contribution < 1.29 is 5.11 Å². The first-order valence-corrected chi connectivity index (χ1v) is 7.77. The van der Waals surface area contributed by atoms with Crippen LogP contribution in [0.4, 0.5) is 0 Å². The van der Waals surface area contributed by atoms with E-state index in [0.717, 1.165) is 19.1 Å². The largest absolute Gasteiger partial charge is 0.391 e. The first-order valence-electron chi connectivity index (χ1n) is 7.77. The highest BCUT2D eigenvalue weighted by Crippen LogP contribution is 2.52. The lowest BCUT2D eigenvalue weighted by atomic mass is 10.00. The van der Waals surface area contributed by atoms with Crippen LogP contribution < -0.4 is 0 Å². The molecule has 0 aromatic rings. The zero-order chi connectivity index (χ0) is 12.8. The van der Waals surface area contributed by atoms with Gasteiger partial charge >= 0.3 is 0 Å². The van der Waals surface area contributed by atoms with E-state index in [-0.39, 0.29) is 6.10 Å². The summed E-state index contributed by atoms with van der Waals surface area (Å²) in [7, 11) is 0. The van der Waals surface area contributed by atoms with Crippen molar-refractivity contribution in [2.24, 2.45) is 5.41 Å². The molecule has 3 fully saturated rings. The van der Waals surface area contributed by atoms with Gasteiger partial charge in [0.05, 0.1) is 6.10 Å². The summed E-state index contributed by atoms with van der Waals surface area (Å²) >= 11 is 0. The molecule has 0 aromatic heterocycles. The average Bonchev–Trinajstić information content (AvgIpc) is 3.03. The molecule has 3 nitrogen and oxygen atoms in total. The van der Waals surface area contributed by atoms with Crippen LogP contribution in [0.5, 0.6) is 0 Å². The number of hydrogen-bond donors (Lipinski definition) is 1. The van der Waals surface area contributed by atoms with Crippen LogP contribution in [-0.2, 0) is 0 Å². The zero-order valence-corrected chi connectivity index (χ0v) is 11.9. The molecule has 2 saturated heterocycles. The predicted molar refractivity (Wildman–Crippen MR) is 73.6 cm³/mol. The number of likely N-dealkylation sites (tertiary alicyclic amines) is 2. The average molecular weight is 252 g/mol. The second-order valence-corrected chi connectivity index (χ2v) is 7.05. The van der Waals surface area contributed by atoms with E-state index in [1.807, 2.05) is 0 Å². The van der Waals surface area contributed by atoms with Crippen LogP contribution in [0.25, 0.3) is 0 Å². The third-order valence-corrected chi connectivity index (χ3v) is 5.37. The number of β-amino-alcohol motifs (C(OH)–C–C–N with tert-alkyl or cyclic N) is 1. The lowest BCUT2D eigenvalue weighted by molar-refractivity contribution is 0.0796. The van der Waals surface area contributed by atoms with Gasteiger partial charge in [-0.25, -0.2) is 0 Å². The van der Waals surface area contributed by atoms with Gasteiger partial charge in [0.15, 0.2) is 0 Å². The van der Waals surface area contributed by atoms with Gasteiger partial charge in [-0.2, -0.15) is 0 Å². The molecule has 3 aliphatic rings. The normalized spacial score (nSPS) is 36.7. The van der Waals surface area contributed by atoms with E-state index in [1.54, 1.807) is 0 Å². The Morgan fingerprint density at radius 3 is 2.67 bits per heavy atom. The van der Waals surface area contributed by atoms with Crippen molar-refractivity contribution in [3.05, 3.63) is 0 Å². The minimum absolute atomic E-state index is 0.0476. The summed E-state index contributed by atoms with van der Waals surface area (Å²) in [5, 5.41) is 10.1. The molecule has 0 aromatic carbocycles. The number of aliphatic hydroxyl groups is 1. The van der Waals surface area contributed by atoms with E-state index in [9.17, 15) is 5.11 Å². The van der Waals surface area contributed by atoms with Gasteiger partial charge in [-0.15, -0.1) is 0 Å². The minimum atomic E-state index is -0.0476. The van der Waals surface area contributed by atoms with E-state index >= 15 is 0 Å². The van der Waals surface area contributed by atoms with Crippen LogP contribution in [0.2, 0.25) is 0 Å². The maximum absolute atomic E-state index is 10.1. The van der Waals surface area contributed by atoms with E-state index in [4.69, 9.17) is 0 Å². The van der Waals surface area contributed by atoms with E-state index < -0.39 is 0 Å². The highest BCUT2D eigenvalue weighted by molar-refractivity contribution is 5.07. The molecule has 0 radical (unpaired) electrons. The van der Waals surface area contributed by atoms with Crippen molar-refractivity contribution in [3.8, 4) is 0 Å². The molecule has 3 heteroatoms. The summed E-state index contributed by atoms with van der Waals surface area (Å²) in [4.78, 5) is 5.21. The summed E-state index contributed by atoms with van der Waals surface area (Å²) in [6, 6.07) is 1.39. The molecule has 2 aliphatic heterocycles. The van der Waals surface area contributed by atoms with Crippen LogP contribution in [-0.4, -0.2) is 59.3 Å². The van der Waals surface area contributed by atoms with Crippen molar-refractivity contribution in [3.63, 3.8) is 0 Å². The van der Waals surface area contributed by atoms with Crippen LogP contribution in [0, 0.1) is 5.41 Å². The molecule has 0 amide bonds. The molecular formula is C15H28N2O. The lowest BCUT2D eigenvalue weighted by Gasteiger charge is -2.40. The maximum atomic E-state index is 10.1. The monoisotopic (exact) mass is 252 g/mol. The molecule has 1 saturated carbocycles. The predicted octanol–water partition coefficient (Wildman–Crippen LogP) is 1.71. The summed E-state index contributed by atoms with van der Waals surface area (Å²) < 4.78 is 0. The fourth-order valence-electron chi connectivity index (χ4n) is 4.04. The first-order chi connectivity index (χ1) is 8.61. The molecule has 2 unspecified atom stereocenters. The van der Waals surface area contributed by atoms with Crippen LogP contribution in [0.1, 0.15) is 46.0 Å². The maximum Gasteiger partial charge on any atom is 0.0735 e. The molecule has 1 spiro atoms. The van der Waals surface area contributed by atoms with Crippen molar-refractivity contribution in [1.29, 1.82) is 0 Å². The Bertz CT molecular complexity index is 301. The van der Waals surface area contributed by atoms with E-state index in [1.165, 1.54) is 45.2 Å².